The number of aromatic nitrogens is 1. The molecule has 17 heavy (non-hydrogen) atoms. The van der Waals surface area contributed by atoms with Gasteiger partial charge in [-0.15, -0.1) is 0 Å². The van der Waals surface area contributed by atoms with Gasteiger partial charge in [-0.05, 0) is 30.5 Å². The molecule has 1 aromatic heterocycles. The van der Waals surface area contributed by atoms with Gasteiger partial charge in [-0.1, -0.05) is 26.0 Å². The molecule has 0 atom stereocenters. The van der Waals surface area contributed by atoms with Crippen LogP contribution in [0.15, 0.2) is 30.5 Å². The van der Waals surface area contributed by atoms with Gasteiger partial charge < -0.3 is 4.74 Å². The number of fused-ring (bicyclic) bond motifs is 1. The van der Waals surface area contributed by atoms with Crippen LogP contribution in [0.1, 0.15) is 19.4 Å². The fraction of sp³-hybridized carbons (Fsp3) is 0.357. The zero-order chi connectivity index (χ0) is 12.4. The largest absolute Gasteiger partial charge is 0.449 e. The lowest BCUT2D eigenvalue weighted by Crippen LogP contribution is -2.15. The lowest BCUT2D eigenvalue weighted by Gasteiger charge is -2.08. The van der Waals surface area contributed by atoms with E-state index in [1.54, 1.807) is 10.8 Å². The number of hydrogen-bond donors (Lipinski definition) is 0. The third-order valence-corrected chi connectivity index (χ3v) is 2.69. The van der Waals surface area contributed by atoms with Crippen molar-refractivity contribution < 1.29 is 9.53 Å². The van der Waals surface area contributed by atoms with Crippen molar-refractivity contribution in [2.75, 3.05) is 6.61 Å². The molecule has 0 spiro atoms. The number of benzene rings is 1. The molecule has 0 aliphatic heterocycles. The second-order valence-electron chi connectivity index (χ2n) is 4.66. The van der Waals surface area contributed by atoms with Crippen molar-refractivity contribution in [3.8, 4) is 0 Å². The van der Waals surface area contributed by atoms with Crippen LogP contribution in [0.4, 0.5) is 4.79 Å². The van der Waals surface area contributed by atoms with E-state index >= 15 is 0 Å². The highest BCUT2D eigenvalue weighted by Gasteiger charge is 2.11. The maximum atomic E-state index is 11.9. The van der Waals surface area contributed by atoms with Crippen molar-refractivity contribution >= 4 is 17.0 Å². The van der Waals surface area contributed by atoms with Crippen molar-refractivity contribution in [2.24, 2.45) is 5.92 Å². The first-order chi connectivity index (χ1) is 8.09. The normalized spacial score (nSPS) is 11.1. The highest BCUT2D eigenvalue weighted by Crippen LogP contribution is 2.19. The SMILES string of the molecule is Cc1cccc2c1ccn2C(=O)OCC(C)C. The highest BCUT2D eigenvalue weighted by molar-refractivity contribution is 5.91. The highest BCUT2D eigenvalue weighted by atomic mass is 16.5. The molecule has 3 nitrogen and oxygen atoms in total. The van der Waals surface area contributed by atoms with Gasteiger partial charge in [0.2, 0.25) is 0 Å². The van der Waals surface area contributed by atoms with Crippen LogP contribution >= 0.6 is 0 Å². The fourth-order valence-corrected chi connectivity index (χ4v) is 1.79. The van der Waals surface area contributed by atoms with Gasteiger partial charge in [0.25, 0.3) is 0 Å². The molecular formula is C14H17NO2. The molecule has 0 amide bonds. The molecule has 3 heteroatoms. The summed E-state index contributed by atoms with van der Waals surface area (Å²) in [5, 5.41) is 1.09. The number of nitrogens with zero attached hydrogens (tertiary/aromatic N) is 1. The maximum absolute atomic E-state index is 11.9. The van der Waals surface area contributed by atoms with Crippen LogP contribution in [-0.4, -0.2) is 17.3 Å². The molecular weight excluding hydrogens is 214 g/mol. The summed E-state index contributed by atoms with van der Waals surface area (Å²) < 4.78 is 6.78. The second-order valence-corrected chi connectivity index (χ2v) is 4.66. The van der Waals surface area contributed by atoms with E-state index in [1.807, 2.05) is 45.0 Å². The van der Waals surface area contributed by atoms with E-state index in [-0.39, 0.29) is 6.09 Å². The predicted molar refractivity (Wildman–Crippen MR) is 68.3 cm³/mol. The van der Waals surface area contributed by atoms with Crippen LogP contribution < -0.4 is 0 Å². The Morgan fingerprint density at radius 2 is 2.12 bits per heavy atom. The fourth-order valence-electron chi connectivity index (χ4n) is 1.79. The van der Waals surface area contributed by atoms with Crippen LogP contribution in [-0.2, 0) is 4.74 Å². The molecule has 1 aromatic carbocycles. The Morgan fingerprint density at radius 3 is 2.82 bits per heavy atom. The van der Waals surface area contributed by atoms with E-state index in [9.17, 15) is 4.79 Å². The summed E-state index contributed by atoms with van der Waals surface area (Å²) in [4.78, 5) is 11.9. The monoisotopic (exact) mass is 231 g/mol. The Labute approximate surface area is 101 Å². The Bertz CT molecular complexity index is 540. The molecule has 90 valence electrons. The van der Waals surface area contributed by atoms with Crippen LogP contribution in [0.5, 0.6) is 0 Å². The van der Waals surface area contributed by atoms with Gasteiger partial charge in [-0.3, -0.25) is 4.57 Å². The number of carbonyl (C=O) groups is 1. The minimum Gasteiger partial charge on any atom is -0.449 e. The number of aryl methyl sites for hydroxylation is 1. The van der Waals surface area contributed by atoms with Gasteiger partial charge in [0, 0.05) is 11.6 Å². The summed E-state index contributed by atoms with van der Waals surface area (Å²) in [6.45, 7) is 6.52. The van der Waals surface area contributed by atoms with Gasteiger partial charge >= 0.3 is 6.09 Å². The summed E-state index contributed by atoms with van der Waals surface area (Å²) in [5.41, 5.74) is 2.07. The summed E-state index contributed by atoms with van der Waals surface area (Å²) in [6.07, 6.45) is 1.46. The average Bonchev–Trinajstić information content (AvgIpc) is 2.71. The summed E-state index contributed by atoms with van der Waals surface area (Å²) in [5.74, 6) is 0.350. The van der Waals surface area contributed by atoms with Crippen molar-refractivity contribution in [3.63, 3.8) is 0 Å². The predicted octanol–water partition coefficient (Wildman–Crippen LogP) is 3.59. The lowest BCUT2D eigenvalue weighted by molar-refractivity contribution is 0.135. The number of ether oxygens (including phenoxy) is 1. The van der Waals surface area contributed by atoms with Crippen LogP contribution in [0, 0.1) is 12.8 Å². The molecule has 0 fully saturated rings. The minimum atomic E-state index is -0.306. The Balaban J connectivity index is 2.30. The molecule has 0 aliphatic carbocycles. The van der Waals surface area contributed by atoms with E-state index in [0.29, 0.717) is 12.5 Å². The zero-order valence-corrected chi connectivity index (χ0v) is 10.4. The molecule has 0 radical (unpaired) electrons. The lowest BCUT2D eigenvalue weighted by atomic mass is 10.1. The number of carbonyl (C=O) groups excluding carboxylic acids is 1. The molecule has 2 rings (SSSR count). The van der Waals surface area contributed by atoms with Gasteiger partial charge in [0.05, 0.1) is 12.1 Å². The van der Waals surface area contributed by atoms with Crippen LogP contribution in [0.3, 0.4) is 0 Å². The Kier molecular flexibility index (Phi) is 3.18. The van der Waals surface area contributed by atoms with Crippen LogP contribution in [0.25, 0.3) is 10.9 Å². The third-order valence-electron chi connectivity index (χ3n) is 2.69. The Hall–Kier alpha value is -1.77. The molecule has 2 aromatic rings. The Morgan fingerprint density at radius 1 is 1.35 bits per heavy atom. The topological polar surface area (TPSA) is 31.2 Å². The summed E-state index contributed by atoms with van der Waals surface area (Å²) in [6, 6.07) is 7.86. The summed E-state index contributed by atoms with van der Waals surface area (Å²) in [7, 11) is 0. The van der Waals surface area contributed by atoms with Crippen LogP contribution in [0.2, 0.25) is 0 Å². The standard InChI is InChI=1S/C14H17NO2/c1-10(2)9-17-14(16)15-8-7-12-11(3)5-4-6-13(12)15/h4-8,10H,9H2,1-3H3. The first kappa shape index (κ1) is 11.7. The van der Waals surface area contributed by atoms with Gasteiger partial charge in [-0.2, -0.15) is 0 Å². The smallest absolute Gasteiger partial charge is 0.418 e. The molecule has 0 N–H and O–H groups in total. The number of rotatable bonds is 2. The first-order valence-corrected chi connectivity index (χ1v) is 5.83. The van der Waals surface area contributed by atoms with E-state index in [4.69, 9.17) is 4.74 Å². The van der Waals surface area contributed by atoms with E-state index in [0.717, 1.165) is 16.5 Å². The number of hydrogen-bond acceptors (Lipinski definition) is 2. The van der Waals surface area contributed by atoms with Gasteiger partial charge in [0.1, 0.15) is 0 Å². The van der Waals surface area contributed by atoms with E-state index in [1.165, 1.54) is 0 Å². The van der Waals surface area contributed by atoms with E-state index in [2.05, 4.69) is 0 Å². The van der Waals surface area contributed by atoms with Crippen molar-refractivity contribution in [3.05, 3.63) is 36.0 Å². The van der Waals surface area contributed by atoms with Crippen molar-refractivity contribution in [1.29, 1.82) is 0 Å². The third kappa shape index (κ3) is 2.33. The van der Waals surface area contributed by atoms with Gasteiger partial charge in [0.15, 0.2) is 0 Å². The quantitative estimate of drug-likeness (QED) is 0.790. The minimum absolute atomic E-state index is 0.306. The molecule has 1 heterocycles. The molecule has 0 unspecified atom stereocenters. The van der Waals surface area contributed by atoms with E-state index < -0.39 is 0 Å². The molecule has 0 saturated carbocycles. The maximum Gasteiger partial charge on any atom is 0.418 e. The van der Waals surface area contributed by atoms with Crippen molar-refractivity contribution in [1.82, 2.24) is 4.57 Å². The van der Waals surface area contributed by atoms with Crippen molar-refractivity contribution in [2.45, 2.75) is 20.8 Å². The molecule has 0 bridgehead atoms. The zero-order valence-electron chi connectivity index (χ0n) is 10.4. The summed E-state index contributed by atoms with van der Waals surface area (Å²) >= 11 is 0. The second kappa shape index (κ2) is 4.62. The molecule has 0 saturated heterocycles. The molecule has 0 aliphatic rings. The van der Waals surface area contributed by atoms with Gasteiger partial charge in [-0.25, -0.2) is 4.79 Å². The average molecular weight is 231 g/mol. The first-order valence-electron chi connectivity index (χ1n) is 5.83.